The van der Waals surface area contributed by atoms with E-state index >= 15 is 0 Å². The van der Waals surface area contributed by atoms with Crippen LogP contribution in [0.1, 0.15) is 58.4 Å². The number of hydrogen-bond acceptors (Lipinski definition) is 1. The number of rotatable bonds is 6. The molecule has 0 radical (unpaired) electrons. The summed E-state index contributed by atoms with van der Waals surface area (Å²) in [4.78, 5) is 0. The summed E-state index contributed by atoms with van der Waals surface area (Å²) in [6.07, 6.45) is 8.02. The van der Waals surface area contributed by atoms with Crippen LogP contribution >= 0.6 is 0 Å². The van der Waals surface area contributed by atoms with Gasteiger partial charge in [0.15, 0.2) is 0 Å². The van der Waals surface area contributed by atoms with Gasteiger partial charge in [-0.15, -0.1) is 0 Å². The van der Waals surface area contributed by atoms with Gasteiger partial charge >= 0.3 is 0 Å². The molecule has 0 saturated heterocycles. The Hall–Kier alpha value is -0.820. The van der Waals surface area contributed by atoms with Crippen molar-refractivity contribution < 1.29 is 0 Å². The fourth-order valence-electron chi connectivity index (χ4n) is 3.47. The third-order valence-electron chi connectivity index (χ3n) is 4.94. The maximum atomic E-state index is 3.85. The van der Waals surface area contributed by atoms with Gasteiger partial charge in [0.1, 0.15) is 0 Å². The van der Waals surface area contributed by atoms with Gasteiger partial charge in [0.05, 0.1) is 0 Å². The first-order chi connectivity index (χ1) is 9.65. The molecule has 1 aromatic rings. The van der Waals surface area contributed by atoms with Crippen LogP contribution in [0.3, 0.4) is 0 Å². The second-order valence-corrected chi connectivity index (χ2v) is 6.95. The standard InChI is InChI=1S/C19H31N/c1-15(2)18-11-13-19(14-12-18)20-16(3)9-10-17-7-5-4-6-8-17/h4-8,15-16,18-20H,9-14H2,1-3H3. The van der Waals surface area contributed by atoms with Crippen molar-refractivity contribution in [1.29, 1.82) is 0 Å². The van der Waals surface area contributed by atoms with Crippen LogP contribution in [-0.4, -0.2) is 12.1 Å². The third kappa shape index (κ3) is 4.94. The molecular weight excluding hydrogens is 242 g/mol. The molecule has 0 aliphatic heterocycles. The van der Waals surface area contributed by atoms with E-state index in [4.69, 9.17) is 0 Å². The summed E-state index contributed by atoms with van der Waals surface area (Å²) in [5, 5.41) is 3.85. The lowest BCUT2D eigenvalue weighted by molar-refractivity contribution is 0.229. The van der Waals surface area contributed by atoms with Gasteiger partial charge in [-0.1, -0.05) is 44.2 Å². The first-order valence-electron chi connectivity index (χ1n) is 8.45. The predicted molar refractivity (Wildman–Crippen MR) is 87.9 cm³/mol. The molecule has 1 unspecified atom stereocenters. The predicted octanol–water partition coefficient (Wildman–Crippen LogP) is 4.81. The van der Waals surface area contributed by atoms with E-state index in [0.29, 0.717) is 6.04 Å². The lowest BCUT2D eigenvalue weighted by atomic mass is 9.79. The molecule has 1 aliphatic carbocycles. The summed E-state index contributed by atoms with van der Waals surface area (Å²) in [7, 11) is 0. The Morgan fingerprint density at radius 3 is 2.25 bits per heavy atom. The van der Waals surface area contributed by atoms with Crippen LogP contribution in [-0.2, 0) is 6.42 Å². The van der Waals surface area contributed by atoms with E-state index < -0.39 is 0 Å². The van der Waals surface area contributed by atoms with Gasteiger partial charge in [-0.05, 0) is 62.8 Å². The van der Waals surface area contributed by atoms with E-state index in [2.05, 4.69) is 56.4 Å². The molecule has 0 bridgehead atoms. The molecule has 0 aromatic heterocycles. The van der Waals surface area contributed by atoms with E-state index in [-0.39, 0.29) is 0 Å². The second kappa shape index (κ2) is 7.83. The van der Waals surface area contributed by atoms with Gasteiger partial charge in [-0.25, -0.2) is 0 Å². The number of aryl methyl sites for hydroxylation is 1. The second-order valence-electron chi connectivity index (χ2n) is 6.95. The molecule has 1 heteroatoms. The zero-order valence-electron chi connectivity index (χ0n) is 13.4. The summed E-state index contributed by atoms with van der Waals surface area (Å²) < 4.78 is 0. The summed E-state index contributed by atoms with van der Waals surface area (Å²) in [6.45, 7) is 7.10. The largest absolute Gasteiger partial charge is 0.311 e. The minimum atomic E-state index is 0.635. The molecule has 20 heavy (non-hydrogen) atoms. The molecule has 0 heterocycles. The highest BCUT2D eigenvalue weighted by molar-refractivity contribution is 5.14. The quantitative estimate of drug-likeness (QED) is 0.784. The van der Waals surface area contributed by atoms with Crippen LogP contribution in [0.4, 0.5) is 0 Å². The molecule has 2 rings (SSSR count). The van der Waals surface area contributed by atoms with Gasteiger partial charge in [0.25, 0.3) is 0 Å². The Balaban J connectivity index is 1.66. The summed E-state index contributed by atoms with van der Waals surface area (Å²) in [5.41, 5.74) is 1.46. The Morgan fingerprint density at radius 1 is 1.00 bits per heavy atom. The molecular formula is C19H31N. The van der Waals surface area contributed by atoms with Crippen molar-refractivity contribution in [1.82, 2.24) is 5.32 Å². The average molecular weight is 273 g/mol. The Morgan fingerprint density at radius 2 is 1.65 bits per heavy atom. The van der Waals surface area contributed by atoms with E-state index in [0.717, 1.165) is 17.9 Å². The maximum Gasteiger partial charge on any atom is 0.00697 e. The highest BCUT2D eigenvalue weighted by atomic mass is 14.9. The zero-order valence-corrected chi connectivity index (χ0v) is 13.4. The average Bonchev–Trinajstić information content (AvgIpc) is 2.47. The summed E-state index contributed by atoms with van der Waals surface area (Å²) in [5.74, 6) is 1.83. The Bertz CT molecular complexity index is 363. The number of benzene rings is 1. The van der Waals surface area contributed by atoms with Crippen LogP contribution in [0.15, 0.2) is 30.3 Å². The fourth-order valence-corrected chi connectivity index (χ4v) is 3.47. The number of hydrogen-bond donors (Lipinski definition) is 1. The molecule has 1 saturated carbocycles. The Labute approximate surface area is 125 Å². The van der Waals surface area contributed by atoms with E-state index in [1.54, 1.807) is 0 Å². The summed E-state index contributed by atoms with van der Waals surface area (Å²) in [6, 6.07) is 12.2. The Kier molecular flexibility index (Phi) is 6.09. The number of nitrogens with one attached hydrogen (secondary N) is 1. The van der Waals surface area contributed by atoms with Crippen molar-refractivity contribution in [2.24, 2.45) is 11.8 Å². The lowest BCUT2D eigenvalue weighted by Crippen LogP contribution is -2.39. The smallest absolute Gasteiger partial charge is 0.00697 e. The van der Waals surface area contributed by atoms with Gasteiger partial charge in [-0.3, -0.25) is 0 Å². The molecule has 1 N–H and O–H groups in total. The zero-order chi connectivity index (χ0) is 14.4. The van der Waals surface area contributed by atoms with Crippen LogP contribution in [0.25, 0.3) is 0 Å². The van der Waals surface area contributed by atoms with Crippen molar-refractivity contribution in [3.63, 3.8) is 0 Å². The highest BCUT2D eigenvalue weighted by Crippen LogP contribution is 2.30. The molecule has 1 atom stereocenters. The first kappa shape index (κ1) is 15.6. The topological polar surface area (TPSA) is 12.0 Å². The molecule has 0 amide bonds. The van der Waals surface area contributed by atoms with Crippen molar-refractivity contribution in [3.8, 4) is 0 Å². The normalized spacial score (nSPS) is 24.8. The molecule has 0 spiro atoms. The minimum Gasteiger partial charge on any atom is -0.311 e. The van der Waals surface area contributed by atoms with Crippen LogP contribution in [0.5, 0.6) is 0 Å². The van der Waals surface area contributed by atoms with E-state index in [1.807, 2.05) is 0 Å². The lowest BCUT2D eigenvalue weighted by Gasteiger charge is -2.33. The maximum absolute atomic E-state index is 3.85. The molecule has 1 aliphatic rings. The molecule has 1 nitrogen and oxygen atoms in total. The SMILES string of the molecule is CC(CCc1ccccc1)NC1CCC(C(C)C)CC1. The molecule has 1 fully saturated rings. The van der Waals surface area contributed by atoms with Crippen LogP contribution in [0.2, 0.25) is 0 Å². The van der Waals surface area contributed by atoms with Gasteiger partial charge in [-0.2, -0.15) is 0 Å². The monoisotopic (exact) mass is 273 g/mol. The van der Waals surface area contributed by atoms with Crippen LogP contribution < -0.4 is 5.32 Å². The molecule has 112 valence electrons. The summed E-state index contributed by atoms with van der Waals surface area (Å²) >= 11 is 0. The van der Waals surface area contributed by atoms with Gasteiger partial charge in [0, 0.05) is 12.1 Å². The van der Waals surface area contributed by atoms with Gasteiger partial charge < -0.3 is 5.32 Å². The van der Waals surface area contributed by atoms with E-state index in [9.17, 15) is 0 Å². The van der Waals surface area contributed by atoms with Gasteiger partial charge in [0.2, 0.25) is 0 Å². The first-order valence-corrected chi connectivity index (χ1v) is 8.45. The van der Waals surface area contributed by atoms with E-state index in [1.165, 1.54) is 44.1 Å². The van der Waals surface area contributed by atoms with Crippen molar-refractivity contribution >= 4 is 0 Å². The van der Waals surface area contributed by atoms with Crippen LogP contribution in [0, 0.1) is 11.8 Å². The van der Waals surface area contributed by atoms with Crippen molar-refractivity contribution in [2.75, 3.05) is 0 Å². The minimum absolute atomic E-state index is 0.635. The highest BCUT2D eigenvalue weighted by Gasteiger charge is 2.23. The third-order valence-corrected chi connectivity index (χ3v) is 4.94. The van der Waals surface area contributed by atoms with Crippen molar-refractivity contribution in [3.05, 3.63) is 35.9 Å². The molecule has 1 aromatic carbocycles. The van der Waals surface area contributed by atoms with Crippen molar-refractivity contribution in [2.45, 2.75) is 71.4 Å². The fraction of sp³-hybridized carbons (Fsp3) is 0.684.